The summed E-state index contributed by atoms with van der Waals surface area (Å²) in [5.41, 5.74) is 0.0473. The minimum Gasteiger partial charge on any atom is -0.462 e. The van der Waals surface area contributed by atoms with Crippen LogP contribution in [0.4, 0.5) is 0 Å². The van der Waals surface area contributed by atoms with Crippen LogP contribution in [0.5, 0.6) is 0 Å². The zero-order valence-corrected chi connectivity index (χ0v) is 20.9. The van der Waals surface area contributed by atoms with Crippen LogP contribution in [-0.2, 0) is 22.2 Å². The average molecular weight is 407 g/mol. The number of hydrogen-bond acceptors (Lipinski definition) is 5. The van der Waals surface area contributed by atoms with Gasteiger partial charge in [0.05, 0.1) is 12.2 Å². The molecule has 25 heavy (non-hydrogen) atoms. The maximum atomic E-state index is 11.6. The monoisotopic (exact) mass is 406 g/mol. The molecule has 0 aliphatic rings. The molecule has 0 saturated carbocycles. The van der Waals surface area contributed by atoms with E-state index in [0.29, 0.717) is 24.6 Å². The summed E-state index contributed by atoms with van der Waals surface area (Å²) in [5.74, 6) is -0.360. The highest BCUT2D eigenvalue weighted by atomic mass is 28.5. The second-order valence-corrected chi connectivity index (χ2v) is 21.5. The summed E-state index contributed by atoms with van der Waals surface area (Å²) in [7, 11) is -6.65. The number of hydrogen-bond donors (Lipinski definition) is 0. The van der Waals surface area contributed by atoms with Gasteiger partial charge in [-0.25, -0.2) is 4.79 Å². The van der Waals surface area contributed by atoms with E-state index in [9.17, 15) is 4.79 Å². The van der Waals surface area contributed by atoms with Gasteiger partial charge in [0.1, 0.15) is 0 Å². The van der Waals surface area contributed by atoms with Crippen molar-refractivity contribution in [2.45, 2.75) is 85.0 Å². The predicted molar refractivity (Wildman–Crippen MR) is 111 cm³/mol. The molecule has 0 amide bonds. The van der Waals surface area contributed by atoms with E-state index in [2.05, 4.69) is 45.9 Å². The SMILES string of the molecule is C=C(C)C(=O)OCCC[Si](OC(C)(C)C)(O[Si](C)(C)C)O[Si](C)(C)C. The smallest absolute Gasteiger partial charge is 0.462 e. The van der Waals surface area contributed by atoms with Crippen LogP contribution in [0.25, 0.3) is 0 Å². The van der Waals surface area contributed by atoms with Crippen LogP contribution in [0.15, 0.2) is 12.2 Å². The Bertz CT molecular complexity index is 418. The van der Waals surface area contributed by atoms with Crippen molar-refractivity contribution >= 4 is 31.4 Å². The van der Waals surface area contributed by atoms with Crippen LogP contribution in [0.2, 0.25) is 45.3 Å². The van der Waals surface area contributed by atoms with E-state index in [-0.39, 0.29) is 11.6 Å². The van der Waals surface area contributed by atoms with Gasteiger partial charge in [-0.2, -0.15) is 0 Å². The van der Waals surface area contributed by atoms with Crippen molar-refractivity contribution < 1.29 is 22.2 Å². The second kappa shape index (κ2) is 9.10. The molecule has 8 heteroatoms. The summed E-state index contributed by atoms with van der Waals surface area (Å²) in [6, 6.07) is 0.641. The van der Waals surface area contributed by atoms with E-state index in [0.717, 1.165) is 0 Å². The quantitative estimate of drug-likeness (QED) is 0.222. The molecular formula is C17H38O5Si3. The molecule has 0 heterocycles. The summed E-state index contributed by atoms with van der Waals surface area (Å²) >= 11 is 0. The molecule has 0 rings (SSSR count). The molecule has 0 aromatic carbocycles. The number of carbonyl (C=O) groups excluding carboxylic acids is 1. The summed E-state index contributed by atoms with van der Waals surface area (Å²) < 4.78 is 24.8. The zero-order chi connectivity index (χ0) is 20.1. The predicted octanol–water partition coefficient (Wildman–Crippen LogP) is 4.95. The topological polar surface area (TPSA) is 54.0 Å². The molecule has 0 saturated heterocycles. The minimum atomic E-state index is -2.89. The molecule has 0 aromatic rings. The van der Waals surface area contributed by atoms with E-state index in [4.69, 9.17) is 17.4 Å². The molecule has 0 atom stereocenters. The van der Waals surface area contributed by atoms with Crippen molar-refractivity contribution in [3.8, 4) is 0 Å². The van der Waals surface area contributed by atoms with Crippen LogP contribution in [0.1, 0.15) is 34.1 Å². The first-order chi connectivity index (χ1) is 10.9. The minimum absolute atomic E-state index is 0.318. The molecule has 5 nitrogen and oxygen atoms in total. The first-order valence-corrected chi connectivity index (χ1v) is 17.6. The fourth-order valence-electron chi connectivity index (χ4n) is 2.19. The molecule has 148 valence electrons. The van der Waals surface area contributed by atoms with Gasteiger partial charge < -0.3 is 17.4 Å². The Kier molecular flexibility index (Phi) is 9.00. The maximum Gasteiger partial charge on any atom is 0.480 e. The van der Waals surface area contributed by atoms with Crippen molar-refractivity contribution in [2.75, 3.05) is 6.61 Å². The van der Waals surface area contributed by atoms with Gasteiger partial charge in [-0.05, 0) is 73.4 Å². The summed E-state index contributed by atoms with van der Waals surface area (Å²) in [6.45, 7) is 24.5. The van der Waals surface area contributed by atoms with E-state index >= 15 is 0 Å². The fourth-order valence-corrected chi connectivity index (χ4v) is 13.0. The first kappa shape index (κ1) is 24.7. The van der Waals surface area contributed by atoms with Gasteiger partial charge in [0.2, 0.25) is 0 Å². The number of esters is 1. The third-order valence-corrected chi connectivity index (χ3v) is 11.9. The lowest BCUT2D eigenvalue weighted by Crippen LogP contribution is -2.59. The maximum absolute atomic E-state index is 11.6. The molecule has 0 aromatic heterocycles. The number of ether oxygens (including phenoxy) is 1. The first-order valence-electron chi connectivity index (χ1n) is 8.88. The van der Waals surface area contributed by atoms with Gasteiger partial charge in [0.15, 0.2) is 16.6 Å². The van der Waals surface area contributed by atoms with Gasteiger partial charge in [0, 0.05) is 11.6 Å². The Hall–Kier alpha value is -0.259. The van der Waals surface area contributed by atoms with Crippen LogP contribution in [0.3, 0.4) is 0 Å². The highest BCUT2D eigenvalue weighted by Gasteiger charge is 2.49. The normalized spacial score (nSPS) is 13.7. The Morgan fingerprint density at radius 3 is 1.72 bits per heavy atom. The largest absolute Gasteiger partial charge is 0.480 e. The third-order valence-electron chi connectivity index (χ3n) is 2.59. The lowest BCUT2D eigenvalue weighted by molar-refractivity contribution is -0.139. The average Bonchev–Trinajstić information content (AvgIpc) is 2.27. The Morgan fingerprint density at radius 2 is 1.40 bits per heavy atom. The van der Waals surface area contributed by atoms with Crippen LogP contribution < -0.4 is 0 Å². The third kappa shape index (κ3) is 12.7. The van der Waals surface area contributed by atoms with Gasteiger partial charge in [-0.3, -0.25) is 0 Å². The molecule has 0 radical (unpaired) electrons. The van der Waals surface area contributed by atoms with Gasteiger partial charge in [-0.1, -0.05) is 6.58 Å². The van der Waals surface area contributed by atoms with Crippen molar-refractivity contribution in [1.82, 2.24) is 0 Å². The molecule has 0 N–H and O–H groups in total. The molecule has 0 aliphatic heterocycles. The molecule has 0 spiro atoms. The second-order valence-electron chi connectivity index (χ2n) is 9.35. The summed E-state index contributed by atoms with van der Waals surface area (Å²) in [4.78, 5) is 11.6. The van der Waals surface area contributed by atoms with Crippen molar-refractivity contribution in [3.63, 3.8) is 0 Å². The van der Waals surface area contributed by atoms with E-state index < -0.39 is 25.4 Å². The Labute approximate surface area is 157 Å². The van der Waals surface area contributed by atoms with E-state index in [1.807, 2.05) is 20.8 Å². The van der Waals surface area contributed by atoms with Crippen LogP contribution in [0, 0.1) is 0 Å². The highest BCUT2D eigenvalue weighted by Crippen LogP contribution is 2.30. The summed E-state index contributed by atoms with van der Waals surface area (Å²) in [5, 5.41) is 0. The molecule has 0 unspecified atom stereocenters. The van der Waals surface area contributed by atoms with E-state index in [1.54, 1.807) is 6.92 Å². The molecular weight excluding hydrogens is 368 g/mol. The zero-order valence-electron chi connectivity index (χ0n) is 17.9. The Morgan fingerprint density at radius 1 is 0.960 bits per heavy atom. The lowest BCUT2D eigenvalue weighted by atomic mass is 10.2. The van der Waals surface area contributed by atoms with Crippen LogP contribution in [-0.4, -0.2) is 43.6 Å². The van der Waals surface area contributed by atoms with Crippen molar-refractivity contribution in [2.24, 2.45) is 0 Å². The van der Waals surface area contributed by atoms with Gasteiger partial charge in [0.25, 0.3) is 0 Å². The standard InChI is InChI=1S/C17H38O5Si3/c1-15(2)16(18)19-13-12-14-25(20-17(3,4)5,21-23(6,7)8)22-24(9,10)11/h1,12-14H2,2-11H3. The Balaban J connectivity index is 5.30. The summed E-state index contributed by atoms with van der Waals surface area (Å²) in [6.07, 6.45) is 0.649. The van der Waals surface area contributed by atoms with Crippen molar-refractivity contribution in [1.29, 1.82) is 0 Å². The highest BCUT2D eigenvalue weighted by molar-refractivity contribution is 6.85. The van der Waals surface area contributed by atoms with E-state index in [1.165, 1.54) is 0 Å². The van der Waals surface area contributed by atoms with Gasteiger partial charge >= 0.3 is 14.8 Å². The number of carbonyl (C=O) groups is 1. The molecule has 0 aliphatic carbocycles. The number of rotatable bonds is 10. The van der Waals surface area contributed by atoms with Crippen molar-refractivity contribution in [3.05, 3.63) is 12.2 Å². The molecule has 0 bridgehead atoms. The molecule has 0 fully saturated rings. The van der Waals surface area contributed by atoms with Gasteiger partial charge in [-0.15, -0.1) is 0 Å². The fraction of sp³-hybridized carbons (Fsp3) is 0.824. The lowest BCUT2D eigenvalue weighted by Gasteiger charge is -2.43. The van der Waals surface area contributed by atoms with Crippen LogP contribution >= 0.6 is 0 Å².